The quantitative estimate of drug-likeness (QED) is 0.448. The molecule has 146 valence electrons. The van der Waals surface area contributed by atoms with Crippen LogP contribution in [0.4, 0.5) is 0 Å². The number of ketones is 1. The van der Waals surface area contributed by atoms with E-state index in [0.717, 1.165) is 12.8 Å². The van der Waals surface area contributed by atoms with Crippen LogP contribution >= 0.6 is 0 Å². The van der Waals surface area contributed by atoms with Crippen molar-refractivity contribution in [2.75, 3.05) is 0 Å². The zero-order chi connectivity index (χ0) is 19.1. The minimum Gasteiger partial charge on any atom is -0.410 e. The van der Waals surface area contributed by atoms with E-state index < -0.39 is 8.32 Å². The third kappa shape index (κ3) is 2.42. The second kappa shape index (κ2) is 5.79. The monoisotopic (exact) mass is 374 g/mol. The second-order valence-electron chi connectivity index (χ2n) is 11.5. The first-order chi connectivity index (χ1) is 12.0. The molecule has 5 aliphatic carbocycles. The van der Waals surface area contributed by atoms with Gasteiger partial charge >= 0.3 is 0 Å². The highest BCUT2D eigenvalue weighted by Crippen LogP contribution is 2.67. The molecular weight excluding hydrogens is 336 g/mol. The van der Waals surface area contributed by atoms with Gasteiger partial charge in [-0.1, -0.05) is 46.3 Å². The highest BCUT2D eigenvalue weighted by atomic mass is 28.4. The third-order valence-corrected chi connectivity index (χ3v) is 13.3. The molecule has 4 saturated carbocycles. The van der Waals surface area contributed by atoms with Gasteiger partial charge in [0, 0.05) is 18.3 Å². The van der Waals surface area contributed by atoms with Crippen LogP contribution in [0, 0.1) is 35.5 Å². The molecule has 0 aliphatic heterocycles. The fraction of sp³-hybridized carbons (Fsp3) is 0.870. The van der Waals surface area contributed by atoms with E-state index in [2.05, 4.69) is 53.8 Å². The van der Waals surface area contributed by atoms with Gasteiger partial charge in [0.15, 0.2) is 8.32 Å². The Morgan fingerprint density at radius 1 is 1.19 bits per heavy atom. The molecule has 0 aromatic heterocycles. The molecule has 5 aliphatic rings. The normalized spacial score (nSPS) is 42.2. The summed E-state index contributed by atoms with van der Waals surface area (Å²) in [6.07, 6.45) is 8.08. The van der Waals surface area contributed by atoms with Crippen molar-refractivity contribution in [2.24, 2.45) is 35.5 Å². The van der Waals surface area contributed by atoms with E-state index in [1.807, 2.05) is 0 Å². The molecule has 0 N–H and O–H groups in total. The van der Waals surface area contributed by atoms with Gasteiger partial charge in [0.25, 0.3) is 0 Å². The van der Waals surface area contributed by atoms with Crippen LogP contribution in [0.5, 0.6) is 0 Å². The molecule has 0 aromatic carbocycles. The van der Waals surface area contributed by atoms with Crippen molar-refractivity contribution >= 4 is 14.1 Å². The van der Waals surface area contributed by atoms with E-state index in [1.165, 1.54) is 19.3 Å². The summed E-state index contributed by atoms with van der Waals surface area (Å²) in [5.41, 5.74) is 1.51. The summed E-state index contributed by atoms with van der Waals surface area (Å²) in [5, 5.41) is 0.185. The van der Waals surface area contributed by atoms with Gasteiger partial charge in [-0.25, -0.2) is 0 Å². The van der Waals surface area contributed by atoms with Crippen LogP contribution in [-0.4, -0.2) is 19.7 Å². The number of allylic oxidation sites excluding steroid dienone is 1. The fourth-order valence-electron chi connectivity index (χ4n) is 6.87. The zero-order valence-corrected chi connectivity index (χ0v) is 18.9. The van der Waals surface area contributed by atoms with Crippen molar-refractivity contribution in [1.82, 2.24) is 0 Å². The smallest absolute Gasteiger partial charge is 0.192 e. The SMILES string of the molecule is CC(C)[C@@H]1[C@@H]2CC[C@@]3(O[Si](C)(C)C(C)(C)C)[C@H]4C2=CCC[C@H]4CC(=O)[C@@H]13. The van der Waals surface area contributed by atoms with Gasteiger partial charge in [-0.3, -0.25) is 4.79 Å². The number of carbonyl (C=O) groups is 1. The maximum absolute atomic E-state index is 13.5. The Kier molecular flexibility index (Phi) is 4.22. The lowest BCUT2D eigenvalue weighted by atomic mass is 9.41. The van der Waals surface area contributed by atoms with Gasteiger partial charge < -0.3 is 4.43 Å². The first-order valence-corrected chi connectivity index (χ1v) is 13.8. The Labute approximate surface area is 161 Å². The number of hydrogen-bond donors (Lipinski definition) is 0. The molecule has 5 rings (SSSR count). The van der Waals surface area contributed by atoms with Gasteiger partial charge in [0.05, 0.1) is 5.60 Å². The van der Waals surface area contributed by atoms with Crippen molar-refractivity contribution < 1.29 is 9.22 Å². The van der Waals surface area contributed by atoms with Crippen LogP contribution in [0.15, 0.2) is 11.6 Å². The van der Waals surface area contributed by atoms with Crippen LogP contribution in [0.1, 0.15) is 66.7 Å². The molecule has 3 heteroatoms. The minimum absolute atomic E-state index is 0.145. The third-order valence-electron chi connectivity index (χ3n) is 8.76. The van der Waals surface area contributed by atoms with Crippen molar-refractivity contribution in [1.29, 1.82) is 0 Å². The molecule has 0 spiro atoms. The minimum atomic E-state index is -1.95. The van der Waals surface area contributed by atoms with Crippen LogP contribution in [0.2, 0.25) is 18.1 Å². The van der Waals surface area contributed by atoms with Gasteiger partial charge in [-0.15, -0.1) is 0 Å². The molecule has 2 nitrogen and oxygen atoms in total. The van der Waals surface area contributed by atoms with Crippen molar-refractivity contribution in [3.05, 3.63) is 11.6 Å². The maximum Gasteiger partial charge on any atom is 0.192 e. The van der Waals surface area contributed by atoms with Gasteiger partial charge in [-0.05, 0) is 67.5 Å². The average molecular weight is 375 g/mol. The Bertz CT molecular complexity index is 641. The van der Waals surface area contributed by atoms with Crippen LogP contribution < -0.4 is 0 Å². The van der Waals surface area contributed by atoms with Gasteiger partial charge in [0.2, 0.25) is 0 Å². The Balaban J connectivity index is 1.87. The number of rotatable bonds is 3. The lowest BCUT2D eigenvalue weighted by molar-refractivity contribution is -0.191. The average Bonchev–Trinajstić information content (AvgIpc) is 2.52. The molecule has 4 fully saturated rings. The van der Waals surface area contributed by atoms with E-state index in [9.17, 15) is 4.79 Å². The Morgan fingerprint density at radius 3 is 2.50 bits per heavy atom. The highest BCUT2D eigenvalue weighted by molar-refractivity contribution is 6.74. The number of Topliss-reactive ketones (excluding diaryl/α,β-unsaturated/α-hetero) is 1. The first-order valence-electron chi connectivity index (χ1n) is 10.9. The lowest BCUT2D eigenvalue weighted by Crippen LogP contribution is -2.71. The summed E-state index contributed by atoms with van der Waals surface area (Å²) < 4.78 is 7.35. The van der Waals surface area contributed by atoms with Crippen LogP contribution in [0.3, 0.4) is 0 Å². The molecule has 26 heavy (non-hydrogen) atoms. The summed E-state index contributed by atoms with van der Waals surface area (Å²) in [5.74, 6) is 3.43. The fourth-order valence-corrected chi connectivity index (χ4v) is 8.48. The zero-order valence-electron chi connectivity index (χ0n) is 17.9. The van der Waals surface area contributed by atoms with E-state index >= 15 is 0 Å². The summed E-state index contributed by atoms with van der Waals surface area (Å²) >= 11 is 0. The molecule has 0 saturated heterocycles. The standard InChI is InChI=1S/C23H38O2Si/c1-14(2)19-16-11-12-23(25-26(6,7)22(3,4)5)20-15(9-8-10-17(16)20)13-18(24)21(19)23/h10,14-16,19-21H,8-9,11-13H2,1-7H3/t15-,16+,19+,20+,21-,23+/m0/s1. The van der Waals surface area contributed by atoms with Gasteiger partial charge in [0.1, 0.15) is 5.78 Å². The second-order valence-corrected chi connectivity index (χ2v) is 16.2. The lowest BCUT2D eigenvalue weighted by Gasteiger charge is -2.68. The topological polar surface area (TPSA) is 26.3 Å². The van der Waals surface area contributed by atoms with Crippen molar-refractivity contribution in [3.63, 3.8) is 0 Å². The predicted molar refractivity (Wildman–Crippen MR) is 109 cm³/mol. The summed E-state index contributed by atoms with van der Waals surface area (Å²) in [7, 11) is -1.95. The maximum atomic E-state index is 13.5. The summed E-state index contributed by atoms with van der Waals surface area (Å²) in [6.45, 7) is 16.5. The Morgan fingerprint density at radius 2 is 1.88 bits per heavy atom. The first kappa shape index (κ1) is 18.9. The van der Waals surface area contributed by atoms with E-state index in [4.69, 9.17) is 4.43 Å². The molecule has 4 bridgehead atoms. The summed E-state index contributed by atoms with van der Waals surface area (Å²) in [6, 6.07) is 0. The highest BCUT2D eigenvalue weighted by Gasteiger charge is 2.69. The van der Waals surface area contributed by atoms with E-state index in [-0.39, 0.29) is 16.6 Å². The molecule has 0 aromatic rings. The largest absolute Gasteiger partial charge is 0.410 e. The molecular formula is C23H38O2Si. The van der Waals surface area contributed by atoms with Crippen LogP contribution in [-0.2, 0) is 9.22 Å². The van der Waals surface area contributed by atoms with E-state index in [0.29, 0.717) is 35.4 Å². The molecule has 6 atom stereocenters. The number of carbonyl (C=O) groups excluding carboxylic acids is 1. The van der Waals surface area contributed by atoms with Crippen molar-refractivity contribution in [2.45, 2.75) is 90.5 Å². The summed E-state index contributed by atoms with van der Waals surface area (Å²) in [4.78, 5) is 13.5. The Hall–Kier alpha value is -0.413. The van der Waals surface area contributed by atoms with E-state index in [1.54, 1.807) is 5.57 Å². The molecule has 0 amide bonds. The number of hydrogen-bond acceptors (Lipinski definition) is 2. The number of fused-ring (bicyclic) bond motifs is 1. The van der Waals surface area contributed by atoms with Gasteiger partial charge in [-0.2, -0.15) is 0 Å². The van der Waals surface area contributed by atoms with Crippen LogP contribution in [0.25, 0.3) is 0 Å². The molecule has 0 heterocycles. The van der Waals surface area contributed by atoms with Crippen molar-refractivity contribution in [3.8, 4) is 0 Å². The molecule has 0 unspecified atom stereocenters. The molecule has 0 radical (unpaired) electrons. The predicted octanol–water partition coefficient (Wildman–Crippen LogP) is 5.98.